The summed E-state index contributed by atoms with van der Waals surface area (Å²) < 4.78 is 4.99. The first-order valence-corrected chi connectivity index (χ1v) is 5.85. The number of rotatable bonds is 5. The first kappa shape index (κ1) is 19.9. The van der Waals surface area contributed by atoms with Crippen LogP contribution in [0.3, 0.4) is 0 Å². The number of halogens is 2. The van der Waals surface area contributed by atoms with Gasteiger partial charge in [0.25, 0.3) is 5.91 Å². The zero-order valence-corrected chi connectivity index (χ0v) is 13.0. The van der Waals surface area contributed by atoms with Crippen molar-refractivity contribution in [2.45, 2.75) is 19.6 Å². The molecule has 18 heavy (non-hydrogen) atoms. The number of nitrogens with two attached hydrogens (primary N) is 1. The van der Waals surface area contributed by atoms with Gasteiger partial charge in [0.2, 0.25) is 0 Å². The molecule has 0 bridgehead atoms. The molecule has 1 aromatic rings. The molecule has 1 rings (SSSR count). The highest BCUT2D eigenvalue weighted by molar-refractivity contribution is 7.09. The number of ether oxygens (including phenoxy) is 1. The third-order valence-electron chi connectivity index (χ3n) is 2.22. The normalized spacial score (nSPS) is 11.1. The summed E-state index contributed by atoms with van der Waals surface area (Å²) in [5.74, 6) is -0.115. The van der Waals surface area contributed by atoms with E-state index in [1.165, 1.54) is 7.11 Å². The summed E-state index contributed by atoms with van der Waals surface area (Å²) in [7, 11) is 3.20. The second kappa shape index (κ2) is 9.52. The summed E-state index contributed by atoms with van der Waals surface area (Å²) >= 11 is 1.57. The summed E-state index contributed by atoms with van der Waals surface area (Å²) in [4.78, 5) is 17.7. The fraction of sp³-hybridized carbons (Fsp3) is 0.600. The zero-order valence-electron chi connectivity index (χ0n) is 10.6. The van der Waals surface area contributed by atoms with Gasteiger partial charge in [0.05, 0.1) is 17.2 Å². The maximum atomic E-state index is 11.8. The molecule has 0 aliphatic rings. The number of aromatic nitrogens is 1. The molecule has 0 aliphatic carbocycles. The molecule has 1 heterocycles. The third kappa shape index (κ3) is 5.49. The Hall–Kier alpha value is -0.400. The smallest absolute Gasteiger partial charge is 0.253 e. The predicted octanol–water partition coefficient (Wildman–Crippen LogP) is 1.23. The number of aryl methyl sites for hydroxylation is 1. The highest BCUT2D eigenvalue weighted by Crippen LogP contribution is 2.10. The second-order valence-corrected chi connectivity index (χ2v) is 4.57. The van der Waals surface area contributed by atoms with Crippen molar-refractivity contribution in [1.82, 2.24) is 9.88 Å². The Morgan fingerprint density at radius 2 is 2.22 bits per heavy atom. The zero-order chi connectivity index (χ0) is 12.1. The van der Waals surface area contributed by atoms with Crippen LogP contribution in [0.25, 0.3) is 0 Å². The van der Waals surface area contributed by atoms with Crippen LogP contribution in [0, 0.1) is 6.92 Å². The number of thiazole rings is 1. The summed E-state index contributed by atoms with van der Waals surface area (Å²) in [6.45, 7) is 2.62. The fourth-order valence-electron chi connectivity index (χ4n) is 1.35. The molecule has 0 saturated heterocycles. The monoisotopic (exact) mass is 315 g/mol. The SMILES string of the molecule is COC(CN)C(=O)N(C)Cc1csc(C)n1.Cl.Cl. The standard InChI is InChI=1S/C10H17N3O2S.2ClH/c1-7-12-8(6-16-7)5-13(2)10(14)9(4-11)15-3;;/h6,9H,4-5,11H2,1-3H3;2*1H. The van der Waals surface area contributed by atoms with E-state index in [0.29, 0.717) is 6.54 Å². The van der Waals surface area contributed by atoms with Crippen molar-refractivity contribution in [2.75, 3.05) is 20.7 Å². The minimum absolute atomic E-state index is 0. The Bertz CT molecular complexity index is 359. The van der Waals surface area contributed by atoms with Gasteiger partial charge in [-0.15, -0.1) is 36.2 Å². The van der Waals surface area contributed by atoms with Gasteiger partial charge >= 0.3 is 0 Å². The summed E-state index contributed by atoms with van der Waals surface area (Å²) in [5, 5.41) is 2.95. The summed E-state index contributed by atoms with van der Waals surface area (Å²) in [6, 6.07) is 0. The van der Waals surface area contributed by atoms with Gasteiger partial charge < -0.3 is 15.4 Å². The molecule has 0 spiro atoms. The lowest BCUT2D eigenvalue weighted by Crippen LogP contribution is -2.41. The van der Waals surface area contributed by atoms with Gasteiger partial charge in [-0.25, -0.2) is 4.98 Å². The van der Waals surface area contributed by atoms with Gasteiger partial charge in [-0.3, -0.25) is 4.79 Å². The topological polar surface area (TPSA) is 68.5 Å². The Balaban J connectivity index is 0. The number of hydrogen-bond donors (Lipinski definition) is 1. The van der Waals surface area contributed by atoms with Gasteiger partial charge in [-0.2, -0.15) is 0 Å². The van der Waals surface area contributed by atoms with E-state index in [2.05, 4.69) is 4.98 Å². The van der Waals surface area contributed by atoms with Gasteiger partial charge in [0, 0.05) is 26.1 Å². The molecular weight excluding hydrogens is 297 g/mol. The number of carbonyl (C=O) groups is 1. The minimum Gasteiger partial charge on any atom is -0.370 e. The van der Waals surface area contributed by atoms with Crippen LogP contribution in [0.2, 0.25) is 0 Å². The fourth-order valence-corrected chi connectivity index (χ4v) is 1.95. The molecular formula is C10H19Cl2N3O2S. The Labute approximate surface area is 124 Å². The number of methoxy groups -OCH3 is 1. The Kier molecular flexibility index (Phi) is 10.5. The second-order valence-electron chi connectivity index (χ2n) is 3.51. The largest absolute Gasteiger partial charge is 0.370 e. The van der Waals surface area contributed by atoms with E-state index in [1.54, 1.807) is 23.3 Å². The highest BCUT2D eigenvalue weighted by atomic mass is 35.5. The Morgan fingerprint density at radius 1 is 1.61 bits per heavy atom. The molecule has 0 aliphatic heterocycles. The molecule has 1 atom stereocenters. The number of amides is 1. The van der Waals surface area contributed by atoms with E-state index in [9.17, 15) is 4.79 Å². The molecule has 8 heteroatoms. The van der Waals surface area contributed by atoms with Crippen molar-refractivity contribution in [3.8, 4) is 0 Å². The van der Waals surface area contributed by atoms with Crippen LogP contribution < -0.4 is 5.73 Å². The van der Waals surface area contributed by atoms with Gasteiger partial charge in [0.1, 0.15) is 6.10 Å². The minimum atomic E-state index is -0.565. The van der Waals surface area contributed by atoms with E-state index < -0.39 is 6.10 Å². The van der Waals surface area contributed by atoms with Gasteiger partial charge in [0.15, 0.2) is 0 Å². The highest BCUT2D eigenvalue weighted by Gasteiger charge is 2.20. The summed E-state index contributed by atoms with van der Waals surface area (Å²) in [5.41, 5.74) is 6.33. The average molecular weight is 316 g/mol. The van der Waals surface area contributed by atoms with E-state index in [-0.39, 0.29) is 37.3 Å². The van der Waals surface area contributed by atoms with Crippen LogP contribution >= 0.6 is 36.2 Å². The third-order valence-corrected chi connectivity index (χ3v) is 3.04. The molecule has 0 fully saturated rings. The molecule has 2 N–H and O–H groups in total. The van der Waals surface area contributed by atoms with Gasteiger partial charge in [-0.1, -0.05) is 0 Å². The quantitative estimate of drug-likeness (QED) is 0.887. The average Bonchev–Trinajstić information content (AvgIpc) is 2.65. The van der Waals surface area contributed by atoms with Gasteiger partial charge in [-0.05, 0) is 6.92 Å². The lowest BCUT2D eigenvalue weighted by Gasteiger charge is -2.21. The lowest BCUT2D eigenvalue weighted by atomic mass is 10.3. The lowest BCUT2D eigenvalue weighted by molar-refractivity contribution is -0.140. The van der Waals surface area contributed by atoms with Crippen molar-refractivity contribution in [1.29, 1.82) is 0 Å². The van der Waals surface area contributed by atoms with Crippen molar-refractivity contribution >= 4 is 42.1 Å². The number of hydrogen-bond acceptors (Lipinski definition) is 5. The molecule has 0 radical (unpaired) electrons. The van der Waals surface area contributed by atoms with Crippen LogP contribution in [0.1, 0.15) is 10.7 Å². The first-order valence-electron chi connectivity index (χ1n) is 4.97. The van der Waals surface area contributed by atoms with Crippen molar-refractivity contribution < 1.29 is 9.53 Å². The maximum absolute atomic E-state index is 11.8. The van der Waals surface area contributed by atoms with Crippen LogP contribution in [-0.2, 0) is 16.1 Å². The van der Waals surface area contributed by atoms with Crippen LogP contribution in [0.4, 0.5) is 0 Å². The van der Waals surface area contributed by atoms with Crippen molar-refractivity contribution in [3.63, 3.8) is 0 Å². The molecule has 5 nitrogen and oxygen atoms in total. The molecule has 0 aromatic carbocycles. The van der Waals surface area contributed by atoms with Crippen LogP contribution in [0.15, 0.2) is 5.38 Å². The van der Waals surface area contributed by atoms with Crippen LogP contribution in [-0.4, -0.2) is 42.6 Å². The van der Waals surface area contributed by atoms with Crippen LogP contribution in [0.5, 0.6) is 0 Å². The number of nitrogens with zero attached hydrogens (tertiary/aromatic N) is 2. The molecule has 1 unspecified atom stereocenters. The Morgan fingerprint density at radius 3 is 2.61 bits per heavy atom. The van der Waals surface area contributed by atoms with E-state index >= 15 is 0 Å². The van der Waals surface area contributed by atoms with E-state index in [1.807, 2.05) is 12.3 Å². The summed E-state index contributed by atoms with van der Waals surface area (Å²) in [6.07, 6.45) is -0.565. The number of carbonyl (C=O) groups excluding carboxylic acids is 1. The molecule has 1 aromatic heterocycles. The molecule has 0 saturated carbocycles. The van der Waals surface area contributed by atoms with Crippen molar-refractivity contribution in [3.05, 3.63) is 16.1 Å². The molecule has 1 amide bonds. The van der Waals surface area contributed by atoms with Crippen molar-refractivity contribution in [2.24, 2.45) is 5.73 Å². The van der Waals surface area contributed by atoms with E-state index in [4.69, 9.17) is 10.5 Å². The first-order chi connectivity index (χ1) is 7.58. The maximum Gasteiger partial charge on any atom is 0.253 e. The van der Waals surface area contributed by atoms with E-state index in [0.717, 1.165) is 10.7 Å². The molecule has 106 valence electrons. The predicted molar refractivity (Wildman–Crippen MR) is 77.7 cm³/mol. The number of likely N-dealkylation sites (N-methyl/N-ethyl adjacent to an activating group) is 1.